The lowest BCUT2D eigenvalue weighted by molar-refractivity contribution is 0.645. The van der Waals surface area contributed by atoms with Crippen LogP contribution in [0.1, 0.15) is 25.0 Å². The average Bonchev–Trinajstić information content (AvgIpc) is 3.48. The van der Waals surface area contributed by atoms with E-state index in [1.165, 1.54) is 54.6 Å². The highest BCUT2D eigenvalue weighted by molar-refractivity contribution is 6.26. The van der Waals surface area contributed by atoms with Crippen molar-refractivity contribution in [2.75, 3.05) is 0 Å². The molecule has 0 spiro atoms. The Kier molecular flexibility index (Phi) is 5.54. The fourth-order valence-electron chi connectivity index (χ4n) is 8.03. The maximum absolute atomic E-state index is 5.39. The molecule has 0 saturated carbocycles. The average molecular weight is 612 g/mol. The summed E-state index contributed by atoms with van der Waals surface area (Å²) in [5.41, 5.74) is 11.0. The predicted octanol–water partition coefficient (Wildman–Crippen LogP) is 11.1. The van der Waals surface area contributed by atoms with Gasteiger partial charge in [0.05, 0.1) is 22.4 Å². The van der Waals surface area contributed by atoms with Crippen molar-refractivity contribution in [1.29, 1.82) is 0 Å². The van der Waals surface area contributed by atoms with Crippen molar-refractivity contribution in [2.24, 2.45) is 0 Å². The Hall–Kier alpha value is -6.24. The van der Waals surface area contributed by atoms with Gasteiger partial charge in [0.15, 0.2) is 0 Å². The number of rotatable bonds is 3. The maximum Gasteiger partial charge on any atom is 0.235 e. The highest BCUT2D eigenvalue weighted by Crippen LogP contribution is 2.53. The molecule has 2 aromatic heterocycles. The Labute approximate surface area is 278 Å². The van der Waals surface area contributed by atoms with E-state index in [2.05, 4.69) is 146 Å². The molecular weight excluding hydrogens is 583 g/mol. The van der Waals surface area contributed by atoms with E-state index in [0.29, 0.717) is 5.95 Å². The normalized spacial score (nSPS) is 13.2. The first-order valence-corrected chi connectivity index (χ1v) is 16.4. The van der Waals surface area contributed by atoms with E-state index in [4.69, 9.17) is 9.97 Å². The van der Waals surface area contributed by atoms with Crippen LogP contribution in [0.4, 0.5) is 0 Å². The smallest absolute Gasteiger partial charge is 0.235 e. The summed E-state index contributed by atoms with van der Waals surface area (Å²) in [7, 11) is 0. The van der Waals surface area contributed by atoms with Gasteiger partial charge in [0, 0.05) is 38.3 Å². The van der Waals surface area contributed by atoms with E-state index in [9.17, 15) is 0 Å². The molecule has 1 aliphatic rings. The SMILES string of the molecule is CC1(C)c2ccccc2-c2c3c1cccc3cc1c3ccc4ccccc4c3n(-c3nc(-c4cc#ccc4)cc(-c4ccccc4)n3)c21. The molecule has 10 rings (SSSR count). The van der Waals surface area contributed by atoms with Crippen molar-refractivity contribution in [3.05, 3.63) is 163 Å². The molecule has 3 nitrogen and oxygen atoms in total. The van der Waals surface area contributed by atoms with Crippen LogP contribution >= 0.6 is 0 Å². The Morgan fingerprint density at radius 2 is 1.31 bits per heavy atom. The van der Waals surface area contributed by atoms with Gasteiger partial charge in [0.1, 0.15) is 0 Å². The third kappa shape index (κ3) is 3.72. The fraction of sp³-hybridized carbons (Fsp3) is 0.0667. The molecule has 0 bridgehead atoms. The van der Waals surface area contributed by atoms with Crippen LogP contribution in [0.2, 0.25) is 0 Å². The molecule has 0 aliphatic heterocycles. The van der Waals surface area contributed by atoms with Gasteiger partial charge < -0.3 is 0 Å². The minimum absolute atomic E-state index is 0.155. The topological polar surface area (TPSA) is 30.7 Å². The van der Waals surface area contributed by atoms with E-state index in [0.717, 1.165) is 33.5 Å². The third-order valence-corrected chi connectivity index (χ3v) is 10.3. The van der Waals surface area contributed by atoms with Crippen LogP contribution in [0.5, 0.6) is 0 Å². The van der Waals surface area contributed by atoms with Gasteiger partial charge in [-0.05, 0) is 63.2 Å². The lowest BCUT2D eigenvalue weighted by Crippen LogP contribution is -2.23. The van der Waals surface area contributed by atoms with Crippen LogP contribution in [0, 0.1) is 12.1 Å². The molecule has 9 aromatic rings. The van der Waals surface area contributed by atoms with Crippen molar-refractivity contribution in [2.45, 2.75) is 19.3 Å². The fourth-order valence-corrected chi connectivity index (χ4v) is 8.03. The lowest BCUT2D eigenvalue weighted by atomic mass is 9.68. The Balaban J connectivity index is 1.46. The number of aromatic nitrogens is 3. The minimum atomic E-state index is -0.155. The molecule has 2 heterocycles. The molecule has 7 aromatic carbocycles. The van der Waals surface area contributed by atoms with E-state index in [1.807, 2.05) is 24.3 Å². The molecule has 0 unspecified atom stereocenters. The van der Waals surface area contributed by atoms with Gasteiger partial charge in [-0.1, -0.05) is 135 Å². The van der Waals surface area contributed by atoms with Crippen LogP contribution < -0.4 is 0 Å². The molecular formula is C45H29N3. The van der Waals surface area contributed by atoms with Crippen molar-refractivity contribution in [3.8, 4) is 39.6 Å². The zero-order chi connectivity index (χ0) is 32.0. The van der Waals surface area contributed by atoms with Crippen LogP contribution in [-0.2, 0) is 5.41 Å². The van der Waals surface area contributed by atoms with Crippen LogP contribution in [0.15, 0.2) is 140 Å². The summed E-state index contributed by atoms with van der Waals surface area (Å²) in [4.78, 5) is 10.8. The molecule has 0 amide bonds. The second kappa shape index (κ2) is 9.88. The van der Waals surface area contributed by atoms with Crippen molar-refractivity contribution in [1.82, 2.24) is 14.5 Å². The van der Waals surface area contributed by atoms with E-state index in [-0.39, 0.29) is 5.41 Å². The molecule has 48 heavy (non-hydrogen) atoms. The molecule has 0 N–H and O–H groups in total. The first-order chi connectivity index (χ1) is 23.6. The molecule has 1 aliphatic carbocycles. The second-order valence-corrected chi connectivity index (χ2v) is 13.3. The van der Waals surface area contributed by atoms with Gasteiger partial charge >= 0.3 is 0 Å². The molecule has 0 fully saturated rings. The molecule has 0 atom stereocenters. The number of hydrogen-bond acceptors (Lipinski definition) is 2. The van der Waals surface area contributed by atoms with Gasteiger partial charge in [-0.3, -0.25) is 4.57 Å². The van der Waals surface area contributed by atoms with Crippen LogP contribution in [0.25, 0.3) is 82.9 Å². The minimum Gasteiger partial charge on any atom is -0.277 e. The van der Waals surface area contributed by atoms with E-state index < -0.39 is 0 Å². The maximum atomic E-state index is 5.39. The zero-order valence-electron chi connectivity index (χ0n) is 26.6. The summed E-state index contributed by atoms with van der Waals surface area (Å²) in [5.74, 6) is 0.644. The first-order valence-electron chi connectivity index (χ1n) is 16.4. The van der Waals surface area contributed by atoms with E-state index >= 15 is 0 Å². The molecule has 0 saturated heterocycles. The van der Waals surface area contributed by atoms with Crippen molar-refractivity contribution in [3.63, 3.8) is 0 Å². The summed E-state index contributed by atoms with van der Waals surface area (Å²) in [6, 6.07) is 55.8. The van der Waals surface area contributed by atoms with Gasteiger partial charge in [0.25, 0.3) is 0 Å². The second-order valence-electron chi connectivity index (χ2n) is 13.3. The highest BCUT2D eigenvalue weighted by atomic mass is 15.2. The number of nitrogens with zero attached hydrogens (tertiary/aromatic N) is 3. The highest BCUT2D eigenvalue weighted by Gasteiger charge is 2.35. The summed E-state index contributed by atoms with van der Waals surface area (Å²) < 4.78 is 2.35. The molecule has 0 radical (unpaired) electrons. The quantitative estimate of drug-likeness (QED) is 0.199. The summed E-state index contributed by atoms with van der Waals surface area (Å²) in [5, 5.41) is 7.29. The molecule has 3 heteroatoms. The lowest BCUT2D eigenvalue weighted by Gasteiger charge is -2.35. The summed E-state index contributed by atoms with van der Waals surface area (Å²) in [6.07, 6.45) is 0. The largest absolute Gasteiger partial charge is 0.277 e. The van der Waals surface area contributed by atoms with Gasteiger partial charge in [-0.25, -0.2) is 9.97 Å². The first kappa shape index (κ1) is 26.9. The summed E-state index contributed by atoms with van der Waals surface area (Å²) in [6.45, 7) is 4.70. The zero-order valence-corrected chi connectivity index (χ0v) is 26.6. The predicted molar refractivity (Wildman–Crippen MR) is 197 cm³/mol. The van der Waals surface area contributed by atoms with Gasteiger partial charge in [-0.15, -0.1) is 0 Å². The van der Waals surface area contributed by atoms with E-state index in [1.54, 1.807) is 0 Å². The van der Waals surface area contributed by atoms with Gasteiger partial charge in [0.2, 0.25) is 5.95 Å². The Morgan fingerprint density at radius 1 is 0.562 bits per heavy atom. The van der Waals surface area contributed by atoms with Crippen molar-refractivity contribution >= 4 is 43.4 Å². The Bertz CT molecular complexity index is 2680. The third-order valence-electron chi connectivity index (χ3n) is 10.3. The standard InChI is InChI=1S/C45H29N3/c1-45(2)36-22-12-11-21-34(36)41-40-31(19-13-23-37(40)45)26-35-33-25-24-28-14-9-10-20-32(28)42(33)48(43(35)41)44-46-38(29-15-5-3-6-16-29)27-39(47-44)30-17-7-4-8-18-30/h3,5-7,9-27H,1-2H3. The number of benzene rings is 6. The number of fused-ring (bicyclic) bond motifs is 8. The Morgan fingerprint density at radius 3 is 2.17 bits per heavy atom. The van der Waals surface area contributed by atoms with Gasteiger partial charge in [-0.2, -0.15) is 0 Å². The van der Waals surface area contributed by atoms with Crippen LogP contribution in [-0.4, -0.2) is 14.5 Å². The molecule has 224 valence electrons. The monoisotopic (exact) mass is 611 g/mol. The summed E-state index contributed by atoms with van der Waals surface area (Å²) >= 11 is 0. The van der Waals surface area contributed by atoms with Crippen LogP contribution in [0.3, 0.4) is 0 Å². The number of hydrogen-bond donors (Lipinski definition) is 0. The van der Waals surface area contributed by atoms with Crippen molar-refractivity contribution < 1.29 is 0 Å².